The van der Waals surface area contributed by atoms with Crippen molar-refractivity contribution in [3.05, 3.63) is 51.5 Å². The number of fused-ring (bicyclic) bond motifs is 1. The van der Waals surface area contributed by atoms with Gasteiger partial charge in [-0.05, 0) is 37.5 Å². The molecular formula is C23H25ClN4O3S. The summed E-state index contributed by atoms with van der Waals surface area (Å²) in [5.74, 6) is 0.0749. The average Bonchev–Trinajstić information content (AvgIpc) is 3.54. The highest BCUT2D eigenvalue weighted by atomic mass is 35.5. The Bertz CT molecular complexity index is 1160. The first-order valence-electron chi connectivity index (χ1n) is 10.9. The maximum absolute atomic E-state index is 13.2. The SMILES string of the molecule is Cc1nn(Cc2ccccc2Cl)c2sc(C(=O)N3CCN(C(=O)C4CCCO4)CC3)cc12. The fraction of sp³-hybridized carbons (Fsp3) is 0.435. The van der Waals surface area contributed by atoms with Crippen LogP contribution in [0.15, 0.2) is 30.3 Å². The number of hydrogen-bond acceptors (Lipinski definition) is 5. The number of carbonyl (C=O) groups excluding carboxylic acids is 2. The predicted octanol–water partition coefficient (Wildman–Crippen LogP) is 3.57. The van der Waals surface area contributed by atoms with Crippen LogP contribution in [0.25, 0.3) is 10.2 Å². The fourth-order valence-corrected chi connectivity index (χ4v) is 5.70. The van der Waals surface area contributed by atoms with Crippen molar-refractivity contribution in [1.82, 2.24) is 19.6 Å². The van der Waals surface area contributed by atoms with Gasteiger partial charge in [0.05, 0.1) is 17.1 Å². The van der Waals surface area contributed by atoms with Crippen LogP contribution in [0, 0.1) is 6.92 Å². The van der Waals surface area contributed by atoms with E-state index < -0.39 is 0 Å². The van der Waals surface area contributed by atoms with Crippen LogP contribution in [0.5, 0.6) is 0 Å². The molecule has 0 aliphatic carbocycles. The van der Waals surface area contributed by atoms with Gasteiger partial charge in [0.1, 0.15) is 10.9 Å². The van der Waals surface area contributed by atoms with Gasteiger partial charge in [0, 0.05) is 43.2 Å². The van der Waals surface area contributed by atoms with Crippen LogP contribution in [-0.4, -0.2) is 70.3 Å². The Morgan fingerprint density at radius 2 is 1.94 bits per heavy atom. The predicted molar refractivity (Wildman–Crippen MR) is 124 cm³/mol. The molecule has 2 aliphatic rings. The largest absolute Gasteiger partial charge is 0.368 e. The topological polar surface area (TPSA) is 67.7 Å². The first kappa shape index (κ1) is 21.4. The van der Waals surface area contributed by atoms with Gasteiger partial charge in [-0.1, -0.05) is 29.8 Å². The first-order chi connectivity index (χ1) is 15.5. The molecule has 2 fully saturated rings. The van der Waals surface area contributed by atoms with E-state index in [-0.39, 0.29) is 17.9 Å². The molecule has 5 rings (SSSR count). The van der Waals surface area contributed by atoms with Gasteiger partial charge in [-0.2, -0.15) is 5.10 Å². The van der Waals surface area contributed by atoms with Crippen molar-refractivity contribution in [3.8, 4) is 0 Å². The molecule has 0 N–H and O–H groups in total. The van der Waals surface area contributed by atoms with Gasteiger partial charge >= 0.3 is 0 Å². The second-order valence-electron chi connectivity index (χ2n) is 8.28. The number of hydrogen-bond donors (Lipinski definition) is 0. The molecule has 2 amide bonds. The third-order valence-corrected chi connectivity index (χ3v) is 7.68. The monoisotopic (exact) mass is 472 g/mol. The van der Waals surface area contributed by atoms with Crippen LogP contribution >= 0.6 is 22.9 Å². The smallest absolute Gasteiger partial charge is 0.264 e. The van der Waals surface area contributed by atoms with Crippen molar-refractivity contribution in [2.45, 2.75) is 32.4 Å². The van der Waals surface area contributed by atoms with Crippen LogP contribution in [-0.2, 0) is 16.1 Å². The molecule has 0 radical (unpaired) electrons. The van der Waals surface area contributed by atoms with Gasteiger partial charge in [0.15, 0.2) is 0 Å². The lowest BCUT2D eigenvalue weighted by atomic mass is 10.2. The van der Waals surface area contributed by atoms with E-state index in [9.17, 15) is 9.59 Å². The first-order valence-corrected chi connectivity index (χ1v) is 12.1. The van der Waals surface area contributed by atoms with Crippen LogP contribution in [0.3, 0.4) is 0 Å². The Labute approximate surface area is 195 Å². The van der Waals surface area contributed by atoms with E-state index in [1.54, 1.807) is 0 Å². The van der Waals surface area contributed by atoms with Crippen molar-refractivity contribution in [3.63, 3.8) is 0 Å². The van der Waals surface area contributed by atoms with Crippen molar-refractivity contribution in [2.75, 3.05) is 32.8 Å². The second kappa shape index (κ2) is 8.84. The number of aromatic nitrogens is 2. The maximum atomic E-state index is 13.2. The molecule has 0 bridgehead atoms. The average molecular weight is 473 g/mol. The van der Waals surface area contributed by atoms with E-state index >= 15 is 0 Å². The normalized spacial score (nSPS) is 19.1. The summed E-state index contributed by atoms with van der Waals surface area (Å²) < 4.78 is 7.44. The molecule has 4 heterocycles. The van der Waals surface area contributed by atoms with Crippen LogP contribution < -0.4 is 0 Å². The molecule has 168 valence electrons. The van der Waals surface area contributed by atoms with E-state index in [4.69, 9.17) is 16.3 Å². The van der Waals surface area contributed by atoms with Crippen LogP contribution in [0.2, 0.25) is 5.02 Å². The second-order valence-corrected chi connectivity index (χ2v) is 9.72. The van der Waals surface area contributed by atoms with Crippen molar-refractivity contribution in [1.29, 1.82) is 0 Å². The molecule has 1 atom stereocenters. The number of carbonyl (C=O) groups is 2. The van der Waals surface area contributed by atoms with Gasteiger partial charge in [-0.25, -0.2) is 0 Å². The summed E-state index contributed by atoms with van der Waals surface area (Å²) in [6.07, 6.45) is 1.43. The lowest BCUT2D eigenvalue weighted by Crippen LogP contribution is -2.52. The van der Waals surface area contributed by atoms with Gasteiger partial charge < -0.3 is 14.5 Å². The highest BCUT2D eigenvalue weighted by Crippen LogP contribution is 2.30. The molecule has 0 spiro atoms. The number of rotatable bonds is 4. The molecule has 2 aromatic heterocycles. The van der Waals surface area contributed by atoms with E-state index in [2.05, 4.69) is 5.10 Å². The molecule has 1 unspecified atom stereocenters. The number of thiophene rings is 1. The van der Waals surface area contributed by atoms with Crippen molar-refractivity contribution in [2.24, 2.45) is 0 Å². The molecule has 2 saturated heterocycles. The molecule has 3 aromatic rings. The number of halogens is 1. The van der Waals surface area contributed by atoms with Crippen molar-refractivity contribution < 1.29 is 14.3 Å². The Balaban J connectivity index is 1.29. The minimum absolute atomic E-state index is 0.0131. The Kier molecular flexibility index (Phi) is 5.92. The standard InChI is InChI=1S/C23H25ClN4O3S/c1-15-17-13-20(32-23(17)28(25-15)14-16-5-2-3-6-18(16)24)22(30)27-10-8-26(9-11-27)21(29)19-7-4-12-31-19/h2-3,5-6,13,19H,4,7-12,14H2,1H3. The summed E-state index contributed by atoms with van der Waals surface area (Å²) in [5.41, 5.74) is 1.89. The molecule has 9 heteroatoms. The van der Waals surface area contributed by atoms with Gasteiger partial charge in [0.2, 0.25) is 0 Å². The third kappa shape index (κ3) is 4.02. The van der Waals surface area contributed by atoms with E-state index in [1.165, 1.54) is 11.3 Å². The number of nitrogens with zero attached hydrogens (tertiary/aromatic N) is 4. The summed E-state index contributed by atoms with van der Waals surface area (Å²) in [6, 6.07) is 9.67. The number of aryl methyl sites for hydroxylation is 1. The molecule has 0 saturated carbocycles. The summed E-state index contributed by atoms with van der Waals surface area (Å²) in [6.45, 7) is 5.36. The fourth-order valence-electron chi connectivity index (χ4n) is 4.38. The van der Waals surface area contributed by atoms with Gasteiger partial charge in [-0.3, -0.25) is 14.3 Å². The summed E-state index contributed by atoms with van der Waals surface area (Å²) in [4.78, 5) is 31.1. The Morgan fingerprint density at radius 1 is 1.19 bits per heavy atom. The van der Waals surface area contributed by atoms with E-state index in [0.29, 0.717) is 49.2 Å². The Hall–Kier alpha value is -2.42. The highest BCUT2D eigenvalue weighted by molar-refractivity contribution is 7.20. The van der Waals surface area contributed by atoms with E-state index in [1.807, 2.05) is 51.7 Å². The summed E-state index contributed by atoms with van der Waals surface area (Å²) in [7, 11) is 0. The number of amides is 2. The molecule has 2 aliphatic heterocycles. The van der Waals surface area contributed by atoms with Crippen LogP contribution in [0.4, 0.5) is 0 Å². The quantitative estimate of drug-likeness (QED) is 0.582. The Morgan fingerprint density at radius 3 is 2.66 bits per heavy atom. The molecule has 32 heavy (non-hydrogen) atoms. The lowest BCUT2D eigenvalue weighted by molar-refractivity contribution is -0.142. The zero-order valence-electron chi connectivity index (χ0n) is 17.9. The summed E-state index contributed by atoms with van der Waals surface area (Å²) >= 11 is 7.80. The van der Waals surface area contributed by atoms with Gasteiger partial charge in [0.25, 0.3) is 11.8 Å². The third-order valence-electron chi connectivity index (χ3n) is 6.18. The highest BCUT2D eigenvalue weighted by Gasteiger charge is 2.32. The van der Waals surface area contributed by atoms with E-state index in [0.717, 1.165) is 34.3 Å². The molecular weight excluding hydrogens is 448 g/mol. The lowest BCUT2D eigenvalue weighted by Gasteiger charge is -2.35. The zero-order chi connectivity index (χ0) is 22.2. The minimum atomic E-state index is -0.302. The minimum Gasteiger partial charge on any atom is -0.368 e. The number of piperazine rings is 1. The van der Waals surface area contributed by atoms with Crippen molar-refractivity contribution >= 4 is 45.0 Å². The summed E-state index contributed by atoms with van der Waals surface area (Å²) in [5, 5.41) is 6.36. The van der Waals surface area contributed by atoms with Gasteiger partial charge in [-0.15, -0.1) is 11.3 Å². The molecule has 1 aromatic carbocycles. The zero-order valence-corrected chi connectivity index (χ0v) is 19.5. The maximum Gasteiger partial charge on any atom is 0.264 e. The van der Waals surface area contributed by atoms with Crippen LogP contribution in [0.1, 0.15) is 33.8 Å². The number of ether oxygens (including phenoxy) is 1. The molecule has 7 nitrogen and oxygen atoms in total. The number of benzene rings is 1.